The van der Waals surface area contributed by atoms with Crippen LogP contribution in [-0.2, 0) is 4.74 Å². The van der Waals surface area contributed by atoms with Crippen LogP contribution in [0.15, 0.2) is 0 Å². The molecule has 0 aliphatic carbocycles. The van der Waals surface area contributed by atoms with E-state index in [9.17, 15) is 0 Å². The van der Waals surface area contributed by atoms with Crippen LogP contribution in [0.3, 0.4) is 0 Å². The zero-order valence-electron chi connectivity index (χ0n) is 7.92. The highest BCUT2D eigenvalue weighted by Gasteiger charge is 2.22. The lowest BCUT2D eigenvalue weighted by Gasteiger charge is -2.36. The Bertz CT molecular complexity index is 132. The first-order valence-electron chi connectivity index (χ1n) is 4.65. The normalized spacial score (nSPS) is 32.2. The highest BCUT2D eigenvalue weighted by molar-refractivity contribution is 14.1. The van der Waals surface area contributed by atoms with Crippen molar-refractivity contribution in [3.05, 3.63) is 0 Å². The van der Waals surface area contributed by atoms with Gasteiger partial charge in [-0.15, -0.1) is 0 Å². The molecule has 1 heterocycles. The fourth-order valence-electron chi connectivity index (χ4n) is 1.55. The number of ether oxygens (including phenoxy) is 1. The molecule has 0 amide bonds. The monoisotopic (exact) mass is 283 g/mol. The molecule has 1 rings (SSSR count). The minimum Gasteiger partial charge on any atom is -0.376 e. The van der Waals surface area contributed by atoms with E-state index in [0.29, 0.717) is 12.1 Å². The number of alkyl halides is 1. The number of hydrogen-bond donors (Lipinski definition) is 0. The molecule has 0 aromatic carbocycles. The fourth-order valence-corrected chi connectivity index (χ4v) is 1.89. The molecule has 1 fully saturated rings. The van der Waals surface area contributed by atoms with Gasteiger partial charge in [-0.05, 0) is 26.8 Å². The molecule has 1 aliphatic rings. The maximum absolute atomic E-state index is 5.56. The second kappa shape index (κ2) is 5.40. The van der Waals surface area contributed by atoms with Gasteiger partial charge in [0.25, 0.3) is 0 Å². The second-order valence-electron chi connectivity index (χ2n) is 3.53. The van der Waals surface area contributed by atoms with Gasteiger partial charge < -0.3 is 4.74 Å². The van der Waals surface area contributed by atoms with E-state index in [0.717, 1.165) is 13.2 Å². The summed E-state index contributed by atoms with van der Waals surface area (Å²) in [5.74, 6) is 0. The SMILES string of the molecule is CC1CN(CCCI)C(C)CO1. The molecule has 1 saturated heterocycles. The van der Waals surface area contributed by atoms with Crippen LogP contribution in [0.25, 0.3) is 0 Å². The summed E-state index contributed by atoms with van der Waals surface area (Å²) in [7, 11) is 0. The van der Waals surface area contributed by atoms with Crippen LogP contribution >= 0.6 is 22.6 Å². The molecule has 0 saturated carbocycles. The zero-order chi connectivity index (χ0) is 8.97. The molecule has 0 N–H and O–H groups in total. The minimum atomic E-state index is 0.426. The van der Waals surface area contributed by atoms with Crippen LogP contribution in [-0.4, -0.2) is 41.2 Å². The van der Waals surface area contributed by atoms with Crippen molar-refractivity contribution >= 4 is 22.6 Å². The van der Waals surface area contributed by atoms with Crippen molar-refractivity contribution < 1.29 is 4.74 Å². The summed E-state index contributed by atoms with van der Waals surface area (Å²) >= 11 is 2.44. The standard InChI is InChI=1S/C9H18INO/c1-8-7-12-9(2)6-11(8)5-3-4-10/h8-9H,3-7H2,1-2H3. The van der Waals surface area contributed by atoms with Crippen molar-refractivity contribution in [2.24, 2.45) is 0 Å². The summed E-state index contributed by atoms with van der Waals surface area (Å²) in [4.78, 5) is 2.53. The number of morpholine rings is 1. The Hall–Kier alpha value is 0.650. The third-order valence-corrected chi connectivity index (χ3v) is 3.08. The zero-order valence-corrected chi connectivity index (χ0v) is 10.1. The van der Waals surface area contributed by atoms with E-state index < -0.39 is 0 Å². The van der Waals surface area contributed by atoms with Crippen molar-refractivity contribution in [1.82, 2.24) is 4.90 Å². The third-order valence-electron chi connectivity index (χ3n) is 2.32. The van der Waals surface area contributed by atoms with Gasteiger partial charge in [0.05, 0.1) is 12.7 Å². The van der Waals surface area contributed by atoms with Gasteiger partial charge >= 0.3 is 0 Å². The maximum atomic E-state index is 5.56. The van der Waals surface area contributed by atoms with Gasteiger partial charge in [-0.1, -0.05) is 22.6 Å². The van der Waals surface area contributed by atoms with Crippen molar-refractivity contribution in [2.75, 3.05) is 24.1 Å². The summed E-state index contributed by atoms with van der Waals surface area (Å²) in [6, 6.07) is 0.615. The summed E-state index contributed by atoms with van der Waals surface area (Å²) in [5, 5.41) is 0. The van der Waals surface area contributed by atoms with E-state index in [1.54, 1.807) is 0 Å². The van der Waals surface area contributed by atoms with E-state index >= 15 is 0 Å². The fraction of sp³-hybridized carbons (Fsp3) is 1.00. The molecule has 0 radical (unpaired) electrons. The van der Waals surface area contributed by atoms with Gasteiger partial charge in [0.2, 0.25) is 0 Å². The molecular weight excluding hydrogens is 265 g/mol. The predicted octanol–water partition coefficient (Wildman–Crippen LogP) is 1.92. The minimum absolute atomic E-state index is 0.426. The van der Waals surface area contributed by atoms with Crippen LogP contribution in [0.1, 0.15) is 20.3 Å². The van der Waals surface area contributed by atoms with Gasteiger partial charge in [-0.3, -0.25) is 4.90 Å². The second-order valence-corrected chi connectivity index (χ2v) is 4.61. The van der Waals surface area contributed by atoms with Crippen molar-refractivity contribution in [3.8, 4) is 0 Å². The molecule has 1 aliphatic heterocycles. The molecule has 2 atom stereocenters. The Morgan fingerprint density at radius 2 is 2.25 bits per heavy atom. The average molecular weight is 283 g/mol. The van der Waals surface area contributed by atoms with Gasteiger partial charge in [0, 0.05) is 17.0 Å². The number of halogens is 1. The van der Waals surface area contributed by atoms with Crippen molar-refractivity contribution in [1.29, 1.82) is 0 Å². The Kier molecular flexibility index (Phi) is 4.82. The van der Waals surface area contributed by atoms with E-state index in [4.69, 9.17) is 4.74 Å². The predicted molar refractivity (Wildman–Crippen MR) is 60.0 cm³/mol. The first-order valence-corrected chi connectivity index (χ1v) is 6.18. The first kappa shape index (κ1) is 10.7. The smallest absolute Gasteiger partial charge is 0.0674 e. The van der Waals surface area contributed by atoms with Crippen molar-refractivity contribution in [2.45, 2.75) is 32.4 Å². The molecule has 0 spiro atoms. The lowest BCUT2D eigenvalue weighted by Crippen LogP contribution is -2.47. The molecule has 72 valence electrons. The van der Waals surface area contributed by atoms with E-state index in [1.807, 2.05) is 0 Å². The molecular formula is C9H18INO. The van der Waals surface area contributed by atoms with Gasteiger partial charge in [0.1, 0.15) is 0 Å². The van der Waals surface area contributed by atoms with Gasteiger partial charge in [-0.25, -0.2) is 0 Å². The molecule has 0 aromatic rings. The molecule has 12 heavy (non-hydrogen) atoms. The average Bonchev–Trinajstić information content (AvgIpc) is 2.07. The van der Waals surface area contributed by atoms with Crippen LogP contribution < -0.4 is 0 Å². The van der Waals surface area contributed by atoms with E-state index in [-0.39, 0.29) is 0 Å². The summed E-state index contributed by atoms with van der Waals surface area (Å²) in [6.45, 7) is 7.65. The van der Waals surface area contributed by atoms with E-state index in [1.165, 1.54) is 17.4 Å². The summed E-state index contributed by atoms with van der Waals surface area (Å²) < 4.78 is 6.82. The molecule has 3 heteroatoms. The van der Waals surface area contributed by atoms with Crippen LogP contribution in [0.5, 0.6) is 0 Å². The number of hydrogen-bond acceptors (Lipinski definition) is 2. The van der Waals surface area contributed by atoms with Crippen LogP contribution in [0.2, 0.25) is 0 Å². The Labute approximate surface area is 88.8 Å². The maximum Gasteiger partial charge on any atom is 0.0674 e. The van der Waals surface area contributed by atoms with Crippen LogP contribution in [0, 0.1) is 0 Å². The molecule has 2 unspecified atom stereocenters. The van der Waals surface area contributed by atoms with Crippen LogP contribution in [0.4, 0.5) is 0 Å². The summed E-state index contributed by atoms with van der Waals surface area (Å²) in [6.07, 6.45) is 1.73. The highest BCUT2D eigenvalue weighted by Crippen LogP contribution is 2.11. The quantitative estimate of drug-likeness (QED) is 0.579. The topological polar surface area (TPSA) is 12.5 Å². The molecule has 2 nitrogen and oxygen atoms in total. The third kappa shape index (κ3) is 3.18. The lowest BCUT2D eigenvalue weighted by atomic mass is 10.2. The first-order chi connectivity index (χ1) is 5.74. The molecule has 0 aromatic heterocycles. The lowest BCUT2D eigenvalue weighted by molar-refractivity contribution is -0.0489. The van der Waals surface area contributed by atoms with Gasteiger partial charge in [-0.2, -0.15) is 0 Å². The number of nitrogens with zero attached hydrogens (tertiary/aromatic N) is 1. The molecule has 0 bridgehead atoms. The summed E-state index contributed by atoms with van der Waals surface area (Å²) in [5.41, 5.74) is 0. The van der Waals surface area contributed by atoms with E-state index in [2.05, 4.69) is 41.3 Å². The number of rotatable bonds is 3. The van der Waals surface area contributed by atoms with Gasteiger partial charge in [0.15, 0.2) is 0 Å². The van der Waals surface area contributed by atoms with Crippen molar-refractivity contribution in [3.63, 3.8) is 0 Å². The Morgan fingerprint density at radius 3 is 2.92 bits per heavy atom. The largest absolute Gasteiger partial charge is 0.376 e. The Balaban J connectivity index is 2.28. The Morgan fingerprint density at radius 1 is 1.50 bits per heavy atom. The highest BCUT2D eigenvalue weighted by atomic mass is 127.